The summed E-state index contributed by atoms with van der Waals surface area (Å²) in [7, 11) is 3.65. The summed E-state index contributed by atoms with van der Waals surface area (Å²) in [5, 5.41) is 1.09. The average Bonchev–Trinajstić information content (AvgIpc) is 2.53. The van der Waals surface area contributed by atoms with Gasteiger partial charge < -0.3 is 9.80 Å². The van der Waals surface area contributed by atoms with Crippen molar-refractivity contribution >= 4 is 22.8 Å². The zero-order valence-electron chi connectivity index (χ0n) is 14.3. The highest BCUT2D eigenvalue weighted by atomic mass is 16.2. The Morgan fingerprint density at radius 3 is 2.78 bits per heavy atom. The van der Waals surface area contributed by atoms with Crippen LogP contribution in [0.1, 0.15) is 24.1 Å². The molecule has 3 heterocycles. The Labute approximate surface area is 137 Å². The van der Waals surface area contributed by atoms with Crippen molar-refractivity contribution in [3.8, 4) is 0 Å². The first-order valence-corrected chi connectivity index (χ1v) is 8.17. The van der Waals surface area contributed by atoms with Gasteiger partial charge in [-0.1, -0.05) is 0 Å². The molecular formula is C18H24N4O. The highest BCUT2D eigenvalue weighted by molar-refractivity contribution is 5.81. The summed E-state index contributed by atoms with van der Waals surface area (Å²) in [5.74, 6) is 1.19. The van der Waals surface area contributed by atoms with E-state index in [1.54, 1.807) is 4.90 Å². The number of amides is 1. The molecule has 1 aliphatic heterocycles. The molecule has 0 aromatic carbocycles. The normalized spacial score (nSPS) is 18.3. The molecule has 2 aromatic heterocycles. The maximum absolute atomic E-state index is 12.2. The van der Waals surface area contributed by atoms with Crippen molar-refractivity contribution in [2.75, 3.05) is 32.1 Å². The quantitative estimate of drug-likeness (QED) is 0.855. The van der Waals surface area contributed by atoms with E-state index in [9.17, 15) is 4.79 Å². The Hall–Kier alpha value is -2.17. The lowest BCUT2D eigenvalue weighted by atomic mass is 9.96. The van der Waals surface area contributed by atoms with Gasteiger partial charge in [0, 0.05) is 38.3 Å². The van der Waals surface area contributed by atoms with E-state index >= 15 is 0 Å². The Kier molecular flexibility index (Phi) is 4.20. The molecule has 0 N–H and O–H groups in total. The summed E-state index contributed by atoms with van der Waals surface area (Å²) in [6.07, 6.45) is 1.97. The molecule has 3 rings (SSSR count). The third kappa shape index (κ3) is 3.14. The molecular weight excluding hydrogens is 288 g/mol. The largest absolute Gasteiger partial charge is 0.356 e. The van der Waals surface area contributed by atoms with Gasteiger partial charge in [-0.3, -0.25) is 4.79 Å². The van der Waals surface area contributed by atoms with Gasteiger partial charge in [0.05, 0.1) is 5.92 Å². The Morgan fingerprint density at radius 2 is 2.04 bits per heavy atom. The molecule has 5 nitrogen and oxygen atoms in total. The molecule has 0 radical (unpaired) electrons. The van der Waals surface area contributed by atoms with Gasteiger partial charge in [-0.15, -0.1) is 0 Å². The summed E-state index contributed by atoms with van der Waals surface area (Å²) in [6.45, 7) is 5.76. The van der Waals surface area contributed by atoms with Gasteiger partial charge in [0.15, 0.2) is 5.65 Å². The van der Waals surface area contributed by atoms with Gasteiger partial charge in [-0.25, -0.2) is 9.97 Å². The first-order valence-electron chi connectivity index (χ1n) is 8.17. The zero-order chi connectivity index (χ0) is 16.6. The fraction of sp³-hybridized carbons (Fsp3) is 0.500. The Bertz CT molecular complexity index is 741. The van der Waals surface area contributed by atoms with E-state index in [4.69, 9.17) is 4.98 Å². The summed E-state index contributed by atoms with van der Waals surface area (Å²) < 4.78 is 0. The zero-order valence-corrected chi connectivity index (χ0v) is 14.3. The predicted octanol–water partition coefficient (Wildman–Crippen LogP) is 2.55. The molecule has 1 amide bonds. The number of carbonyl (C=O) groups excluding carboxylic acids is 1. The summed E-state index contributed by atoms with van der Waals surface area (Å²) in [5.41, 5.74) is 2.98. The SMILES string of the molecule is Cc1cc(C)c2ccc(N3CCCC(C(=O)N(C)C)C3)nc2n1. The summed E-state index contributed by atoms with van der Waals surface area (Å²) in [6, 6.07) is 6.22. The molecule has 1 fully saturated rings. The number of pyridine rings is 2. The fourth-order valence-electron chi connectivity index (χ4n) is 3.35. The van der Waals surface area contributed by atoms with E-state index in [1.807, 2.05) is 21.0 Å². The smallest absolute Gasteiger partial charge is 0.226 e. The number of aryl methyl sites for hydroxylation is 2. The third-order valence-corrected chi connectivity index (χ3v) is 4.53. The van der Waals surface area contributed by atoms with Crippen molar-refractivity contribution in [2.24, 2.45) is 5.92 Å². The van der Waals surface area contributed by atoms with Crippen LogP contribution < -0.4 is 4.90 Å². The minimum Gasteiger partial charge on any atom is -0.356 e. The second-order valence-corrected chi connectivity index (χ2v) is 6.64. The topological polar surface area (TPSA) is 49.3 Å². The van der Waals surface area contributed by atoms with E-state index in [-0.39, 0.29) is 11.8 Å². The van der Waals surface area contributed by atoms with Crippen molar-refractivity contribution < 1.29 is 4.79 Å². The molecule has 23 heavy (non-hydrogen) atoms. The highest BCUT2D eigenvalue weighted by Crippen LogP contribution is 2.25. The van der Waals surface area contributed by atoms with E-state index in [2.05, 4.69) is 35.0 Å². The fourth-order valence-corrected chi connectivity index (χ4v) is 3.35. The number of fused-ring (bicyclic) bond motifs is 1. The van der Waals surface area contributed by atoms with Crippen LogP contribution in [0.2, 0.25) is 0 Å². The molecule has 0 bridgehead atoms. The molecule has 1 atom stereocenters. The van der Waals surface area contributed by atoms with Crippen LogP contribution in [0, 0.1) is 19.8 Å². The maximum atomic E-state index is 12.2. The minimum atomic E-state index is 0.0588. The molecule has 5 heteroatoms. The van der Waals surface area contributed by atoms with Gasteiger partial charge in [-0.2, -0.15) is 0 Å². The van der Waals surface area contributed by atoms with E-state index in [0.717, 1.165) is 48.5 Å². The van der Waals surface area contributed by atoms with Crippen molar-refractivity contribution in [3.63, 3.8) is 0 Å². The van der Waals surface area contributed by atoms with Gasteiger partial charge in [-0.05, 0) is 50.5 Å². The average molecular weight is 312 g/mol. The molecule has 1 aliphatic rings. The number of nitrogens with zero attached hydrogens (tertiary/aromatic N) is 4. The van der Waals surface area contributed by atoms with Gasteiger partial charge >= 0.3 is 0 Å². The lowest BCUT2D eigenvalue weighted by Crippen LogP contribution is -2.43. The lowest BCUT2D eigenvalue weighted by molar-refractivity contribution is -0.133. The number of piperidine rings is 1. The van der Waals surface area contributed by atoms with Crippen LogP contribution in [-0.4, -0.2) is 48.0 Å². The van der Waals surface area contributed by atoms with Crippen molar-refractivity contribution in [2.45, 2.75) is 26.7 Å². The molecule has 1 unspecified atom stereocenters. The number of aromatic nitrogens is 2. The number of carbonyl (C=O) groups is 1. The molecule has 2 aromatic rings. The van der Waals surface area contributed by atoms with Crippen LogP contribution in [0.5, 0.6) is 0 Å². The highest BCUT2D eigenvalue weighted by Gasteiger charge is 2.27. The predicted molar refractivity (Wildman–Crippen MR) is 92.6 cm³/mol. The van der Waals surface area contributed by atoms with E-state index in [1.165, 1.54) is 5.56 Å². The number of hydrogen-bond acceptors (Lipinski definition) is 4. The molecule has 1 saturated heterocycles. The van der Waals surface area contributed by atoms with Crippen molar-refractivity contribution in [1.82, 2.24) is 14.9 Å². The number of rotatable bonds is 2. The van der Waals surface area contributed by atoms with E-state index in [0.29, 0.717) is 0 Å². The minimum absolute atomic E-state index is 0.0588. The molecule has 0 spiro atoms. The van der Waals surface area contributed by atoms with Gasteiger partial charge in [0.1, 0.15) is 5.82 Å². The van der Waals surface area contributed by atoms with E-state index < -0.39 is 0 Å². The standard InChI is InChI=1S/C18H24N4O/c1-12-10-13(2)19-17-15(12)7-8-16(20-17)22-9-5-6-14(11-22)18(23)21(3)4/h7-8,10,14H,5-6,9,11H2,1-4H3. The second kappa shape index (κ2) is 6.14. The van der Waals surface area contributed by atoms with Crippen LogP contribution in [0.3, 0.4) is 0 Å². The van der Waals surface area contributed by atoms with Crippen LogP contribution in [-0.2, 0) is 4.79 Å². The maximum Gasteiger partial charge on any atom is 0.226 e. The summed E-state index contributed by atoms with van der Waals surface area (Å²) in [4.78, 5) is 25.5. The molecule has 122 valence electrons. The number of anilines is 1. The van der Waals surface area contributed by atoms with Crippen molar-refractivity contribution in [3.05, 3.63) is 29.5 Å². The third-order valence-electron chi connectivity index (χ3n) is 4.53. The van der Waals surface area contributed by atoms with Crippen LogP contribution in [0.25, 0.3) is 11.0 Å². The van der Waals surface area contributed by atoms with Crippen molar-refractivity contribution in [1.29, 1.82) is 0 Å². The second-order valence-electron chi connectivity index (χ2n) is 6.64. The first-order chi connectivity index (χ1) is 11.0. The van der Waals surface area contributed by atoms with Gasteiger partial charge in [0.25, 0.3) is 0 Å². The van der Waals surface area contributed by atoms with Crippen LogP contribution in [0.4, 0.5) is 5.82 Å². The molecule has 0 aliphatic carbocycles. The number of hydrogen-bond donors (Lipinski definition) is 0. The van der Waals surface area contributed by atoms with Crippen LogP contribution >= 0.6 is 0 Å². The Balaban J connectivity index is 1.89. The molecule has 0 saturated carbocycles. The van der Waals surface area contributed by atoms with Crippen LogP contribution in [0.15, 0.2) is 18.2 Å². The summed E-state index contributed by atoms with van der Waals surface area (Å²) >= 11 is 0. The Morgan fingerprint density at radius 1 is 1.26 bits per heavy atom. The lowest BCUT2D eigenvalue weighted by Gasteiger charge is -2.34. The monoisotopic (exact) mass is 312 g/mol. The van der Waals surface area contributed by atoms with Gasteiger partial charge in [0.2, 0.25) is 5.91 Å². The first kappa shape index (κ1) is 15.7.